The zero-order chi connectivity index (χ0) is 10.8. The summed E-state index contributed by atoms with van der Waals surface area (Å²) in [5, 5.41) is 4.13. The minimum absolute atomic E-state index is 0.393. The van der Waals surface area contributed by atoms with Crippen LogP contribution in [0.2, 0.25) is 5.15 Å². The predicted molar refractivity (Wildman–Crippen MR) is 62.5 cm³/mol. The van der Waals surface area contributed by atoms with Gasteiger partial charge in [-0.1, -0.05) is 11.6 Å². The van der Waals surface area contributed by atoms with Gasteiger partial charge in [0.05, 0.1) is 6.20 Å². The van der Waals surface area contributed by atoms with Crippen LogP contribution >= 0.6 is 11.6 Å². The number of hydrogen-bond acceptors (Lipinski definition) is 2. The first-order valence-electron chi connectivity index (χ1n) is 5.63. The Morgan fingerprint density at radius 3 is 2.73 bits per heavy atom. The first-order valence-corrected chi connectivity index (χ1v) is 6.01. The largest absolute Gasteiger partial charge is 0.317 e. The van der Waals surface area contributed by atoms with Crippen molar-refractivity contribution in [1.29, 1.82) is 0 Å². The fourth-order valence-corrected chi connectivity index (χ4v) is 2.58. The first kappa shape index (κ1) is 11.0. The number of nitrogens with one attached hydrogen (secondary N) is 1. The minimum Gasteiger partial charge on any atom is -0.317 e. The Kier molecular flexibility index (Phi) is 3.32. The van der Waals surface area contributed by atoms with Crippen LogP contribution in [-0.2, 0) is 0 Å². The van der Waals surface area contributed by atoms with Crippen molar-refractivity contribution in [2.75, 3.05) is 13.1 Å². The Morgan fingerprint density at radius 2 is 2.13 bits per heavy atom. The van der Waals surface area contributed by atoms with E-state index < -0.39 is 0 Å². The first-order chi connectivity index (χ1) is 7.20. The van der Waals surface area contributed by atoms with Crippen molar-refractivity contribution >= 4 is 11.6 Å². The molecule has 3 nitrogen and oxygen atoms in total. The lowest BCUT2D eigenvalue weighted by Gasteiger charge is -2.24. The molecule has 1 aromatic rings. The van der Waals surface area contributed by atoms with Crippen LogP contribution in [0, 0.1) is 0 Å². The fraction of sp³-hybridized carbons (Fsp3) is 0.727. The third-order valence-corrected chi connectivity index (χ3v) is 3.28. The normalized spacial score (nSPS) is 18.7. The van der Waals surface area contributed by atoms with E-state index in [9.17, 15) is 0 Å². The van der Waals surface area contributed by atoms with Gasteiger partial charge in [0.25, 0.3) is 0 Å². The lowest BCUT2D eigenvalue weighted by Crippen LogP contribution is -2.28. The van der Waals surface area contributed by atoms with E-state index in [4.69, 9.17) is 11.6 Å². The number of halogens is 1. The maximum absolute atomic E-state index is 6.14. The topological polar surface area (TPSA) is 29.9 Å². The Morgan fingerprint density at radius 1 is 1.47 bits per heavy atom. The van der Waals surface area contributed by atoms with Crippen LogP contribution in [0.1, 0.15) is 44.5 Å². The maximum Gasteiger partial charge on any atom is 0.129 e. The van der Waals surface area contributed by atoms with E-state index in [1.165, 1.54) is 12.8 Å². The molecule has 0 aromatic carbocycles. The van der Waals surface area contributed by atoms with Gasteiger partial charge in [-0.15, -0.1) is 0 Å². The molecule has 0 atom stereocenters. The number of rotatable bonds is 2. The van der Waals surface area contributed by atoms with Crippen molar-refractivity contribution in [1.82, 2.24) is 14.9 Å². The van der Waals surface area contributed by atoms with Gasteiger partial charge in [-0.25, -0.2) is 4.98 Å². The molecule has 1 fully saturated rings. The molecule has 1 aromatic heterocycles. The molecule has 2 rings (SSSR count). The lowest BCUT2D eigenvalue weighted by molar-refractivity contribution is 0.420. The highest BCUT2D eigenvalue weighted by Gasteiger charge is 2.22. The standard InChI is InChI=1S/C11H18ClN3/c1-8(2)15-10(12)7-14-11(15)9-3-5-13-6-4-9/h7-9,13H,3-6H2,1-2H3. The van der Waals surface area contributed by atoms with E-state index in [-0.39, 0.29) is 0 Å². The quantitative estimate of drug-likeness (QED) is 0.842. The summed E-state index contributed by atoms with van der Waals surface area (Å²) in [6, 6.07) is 0.393. The number of nitrogens with zero attached hydrogens (tertiary/aromatic N) is 2. The Balaban J connectivity index is 2.26. The van der Waals surface area contributed by atoms with Gasteiger partial charge in [-0.05, 0) is 39.8 Å². The molecule has 84 valence electrons. The van der Waals surface area contributed by atoms with Crippen molar-refractivity contribution in [3.05, 3.63) is 17.2 Å². The van der Waals surface area contributed by atoms with E-state index in [2.05, 4.69) is 28.7 Å². The average Bonchev–Trinajstić information content (AvgIpc) is 2.61. The molecule has 0 spiro atoms. The molecule has 0 bridgehead atoms. The third kappa shape index (κ3) is 2.18. The number of aromatic nitrogens is 2. The van der Waals surface area contributed by atoms with Crippen LogP contribution in [-0.4, -0.2) is 22.6 Å². The van der Waals surface area contributed by atoms with E-state index in [0.29, 0.717) is 12.0 Å². The number of piperidine rings is 1. The van der Waals surface area contributed by atoms with Crippen LogP contribution in [0.25, 0.3) is 0 Å². The number of hydrogen-bond donors (Lipinski definition) is 1. The van der Waals surface area contributed by atoms with Gasteiger partial charge in [-0.2, -0.15) is 0 Å². The molecular formula is C11H18ClN3. The zero-order valence-electron chi connectivity index (χ0n) is 9.33. The fourth-order valence-electron chi connectivity index (χ4n) is 2.25. The van der Waals surface area contributed by atoms with E-state index in [1.807, 2.05) is 0 Å². The Hall–Kier alpha value is -0.540. The van der Waals surface area contributed by atoms with Crippen molar-refractivity contribution < 1.29 is 0 Å². The molecule has 1 N–H and O–H groups in total. The van der Waals surface area contributed by atoms with Gasteiger partial charge in [0, 0.05) is 12.0 Å². The molecule has 0 unspecified atom stereocenters. The van der Waals surface area contributed by atoms with Crippen molar-refractivity contribution in [3.8, 4) is 0 Å². The molecule has 15 heavy (non-hydrogen) atoms. The van der Waals surface area contributed by atoms with Crippen molar-refractivity contribution in [3.63, 3.8) is 0 Å². The highest BCUT2D eigenvalue weighted by molar-refractivity contribution is 6.29. The van der Waals surface area contributed by atoms with Gasteiger partial charge in [-0.3, -0.25) is 0 Å². The highest BCUT2D eigenvalue weighted by atomic mass is 35.5. The van der Waals surface area contributed by atoms with Crippen molar-refractivity contribution in [2.45, 2.75) is 38.6 Å². The van der Waals surface area contributed by atoms with Crippen LogP contribution in [0.3, 0.4) is 0 Å². The molecular weight excluding hydrogens is 210 g/mol. The molecule has 0 saturated carbocycles. The van der Waals surface area contributed by atoms with Crippen LogP contribution in [0.4, 0.5) is 0 Å². The third-order valence-electron chi connectivity index (χ3n) is 3.00. The molecule has 1 aliphatic heterocycles. The molecule has 2 heterocycles. The van der Waals surface area contributed by atoms with Gasteiger partial charge < -0.3 is 9.88 Å². The second-order valence-electron chi connectivity index (χ2n) is 4.43. The van der Waals surface area contributed by atoms with Crippen LogP contribution in [0.15, 0.2) is 6.20 Å². The van der Waals surface area contributed by atoms with Crippen LogP contribution < -0.4 is 5.32 Å². The zero-order valence-corrected chi connectivity index (χ0v) is 10.1. The van der Waals surface area contributed by atoms with E-state index in [0.717, 1.165) is 24.1 Å². The van der Waals surface area contributed by atoms with Gasteiger partial charge in [0.2, 0.25) is 0 Å². The Bertz CT molecular complexity index is 327. The SMILES string of the molecule is CC(C)n1c(Cl)cnc1C1CCNCC1. The molecule has 4 heteroatoms. The van der Waals surface area contributed by atoms with Gasteiger partial charge in [0.1, 0.15) is 11.0 Å². The van der Waals surface area contributed by atoms with E-state index in [1.54, 1.807) is 6.20 Å². The monoisotopic (exact) mass is 227 g/mol. The summed E-state index contributed by atoms with van der Waals surface area (Å²) in [5.41, 5.74) is 0. The van der Waals surface area contributed by atoms with Crippen molar-refractivity contribution in [2.24, 2.45) is 0 Å². The molecule has 0 aliphatic carbocycles. The van der Waals surface area contributed by atoms with E-state index >= 15 is 0 Å². The molecule has 1 saturated heterocycles. The summed E-state index contributed by atoms with van der Waals surface area (Å²) in [4.78, 5) is 4.46. The summed E-state index contributed by atoms with van der Waals surface area (Å²) in [6.07, 6.45) is 4.11. The summed E-state index contributed by atoms with van der Waals surface area (Å²) < 4.78 is 2.15. The lowest BCUT2D eigenvalue weighted by atomic mass is 9.97. The summed E-state index contributed by atoms with van der Waals surface area (Å²) >= 11 is 6.14. The average molecular weight is 228 g/mol. The number of imidazole rings is 1. The van der Waals surface area contributed by atoms with Gasteiger partial charge >= 0.3 is 0 Å². The molecule has 0 amide bonds. The Labute approximate surface area is 95.8 Å². The van der Waals surface area contributed by atoms with Gasteiger partial charge in [0.15, 0.2) is 0 Å². The van der Waals surface area contributed by atoms with Crippen LogP contribution in [0.5, 0.6) is 0 Å². The smallest absolute Gasteiger partial charge is 0.129 e. The summed E-state index contributed by atoms with van der Waals surface area (Å²) in [5.74, 6) is 1.73. The summed E-state index contributed by atoms with van der Waals surface area (Å²) in [6.45, 7) is 6.48. The second-order valence-corrected chi connectivity index (χ2v) is 4.81. The highest BCUT2D eigenvalue weighted by Crippen LogP contribution is 2.29. The maximum atomic E-state index is 6.14. The molecule has 1 aliphatic rings. The predicted octanol–water partition coefficient (Wildman–Crippen LogP) is 2.58. The minimum atomic E-state index is 0.393. The summed E-state index contributed by atoms with van der Waals surface area (Å²) in [7, 11) is 0. The molecule has 0 radical (unpaired) electrons. The second kappa shape index (κ2) is 4.54.